The lowest BCUT2D eigenvalue weighted by Crippen LogP contribution is -2.47. The summed E-state index contributed by atoms with van der Waals surface area (Å²) in [6, 6.07) is -0.508. The van der Waals surface area contributed by atoms with Gasteiger partial charge in [-0.1, -0.05) is 0 Å². The van der Waals surface area contributed by atoms with Crippen molar-refractivity contribution in [2.45, 2.75) is 31.6 Å². The van der Waals surface area contributed by atoms with Crippen LogP contribution in [0.3, 0.4) is 0 Å². The zero-order chi connectivity index (χ0) is 13.4. The van der Waals surface area contributed by atoms with Crippen LogP contribution < -0.4 is 5.73 Å². The van der Waals surface area contributed by atoms with E-state index in [4.69, 9.17) is 5.73 Å². The van der Waals surface area contributed by atoms with E-state index in [0.717, 1.165) is 0 Å². The molecule has 3 nitrogen and oxygen atoms in total. The van der Waals surface area contributed by atoms with Crippen molar-refractivity contribution in [3.8, 4) is 0 Å². The van der Waals surface area contributed by atoms with Crippen molar-refractivity contribution in [3.63, 3.8) is 0 Å². The van der Waals surface area contributed by atoms with Gasteiger partial charge in [-0.2, -0.15) is 13.2 Å². The highest BCUT2D eigenvalue weighted by Gasteiger charge is 2.37. The molecule has 1 aromatic heterocycles. The molecule has 98 valence electrons. The summed E-state index contributed by atoms with van der Waals surface area (Å²) < 4.78 is 37.2. The molecule has 1 unspecified atom stereocenters. The first-order chi connectivity index (χ1) is 7.56. The fourth-order valence-corrected chi connectivity index (χ4v) is 2.15. The maximum atomic E-state index is 12.4. The van der Waals surface area contributed by atoms with Crippen LogP contribution in [0.4, 0.5) is 13.2 Å². The van der Waals surface area contributed by atoms with Crippen molar-refractivity contribution in [3.05, 3.63) is 16.1 Å². The molecule has 2 N–H and O–H groups in total. The van der Waals surface area contributed by atoms with Gasteiger partial charge in [0.25, 0.3) is 0 Å². The topological polar surface area (TPSA) is 42.1 Å². The minimum absolute atomic E-state index is 0.435. The number of thiazole rings is 1. The van der Waals surface area contributed by atoms with Crippen LogP contribution in [0.2, 0.25) is 0 Å². The number of rotatable bonds is 3. The maximum Gasteiger partial charge on any atom is 0.443 e. The van der Waals surface area contributed by atoms with E-state index in [1.165, 1.54) is 6.20 Å². The number of likely N-dealkylation sites (N-methyl/N-ethyl adjacent to an activating group) is 1. The highest BCUT2D eigenvalue weighted by atomic mass is 32.1. The van der Waals surface area contributed by atoms with Gasteiger partial charge in [0.05, 0.1) is 6.04 Å². The normalized spacial score (nSPS) is 15.4. The second-order valence-corrected chi connectivity index (χ2v) is 5.65. The monoisotopic (exact) mass is 267 g/mol. The first-order valence-corrected chi connectivity index (χ1v) is 5.84. The first-order valence-electron chi connectivity index (χ1n) is 5.02. The van der Waals surface area contributed by atoms with E-state index in [1.54, 1.807) is 0 Å². The third kappa shape index (κ3) is 2.97. The number of hydrogen-bond acceptors (Lipinski definition) is 4. The second-order valence-electron chi connectivity index (χ2n) is 4.59. The van der Waals surface area contributed by atoms with Crippen molar-refractivity contribution >= 4 is 11.3 Å². The van der Waals surface area contributed by atoms with Gasteiger partial charge in [-0.3, -0.25) is 0 Å². The van der Waals surface area contributed by atoms with E-state index in [0.29, 0.717) is 16.2 Å². The van der Waals surface area contributed by atoms with Crippen LogP contribution in [0.1, 0.15) is 29.8 Å². The van der Waals surface area contributed by atoms with E-state index < -0.39 is 22.8 Å². The van der Waals surface area contributed by atoms with Crippen LogP contribution in [0.15, 0.2) is 6.20 Å². The molecule has 1 atom stereocenters. The average Bonchev–Trinajstić information content (AvgIpc) is 2.63. The lowest BCUT2D eigenvalue weighted by atomic mass is 9.93. The van der Waals surface area contributed by atoms with Gasteiger partial charge in [-0.15, -0.1) is 11.3 Å². The zero-order valence-corrected chi connectivity index (χ0v) is 11.0. The highest BCUT2D eigenvalue weighted by Crippen LogP contribution is 2.37. The standard InChI is InChI=1S/C10H16F3N3S/c1-9(2,16(3)4)7(14)6-5-15-8(17-6)10(11,12)13/h5,7H,14H2,1-4H3. The van der Waals surface area contributed by atoms with Crippen LogP contribution in [0.5, 0.6) is 0 Å². The number of nitrogens with two attached hydrogens (primary N) is 1. The Morgan fingerprint density at radius 2 is 1.88 bits per heavy atom. The number of aromatic nitrogens is 1. The lowest BCUT2D eigenvalue weighted by molar-refractivity contribution is -0.137. The molecule has 7 heteroatoms. The summed E-state index contributed by atoms with van der Waals surface area (Å²) in [7, 11) is 3.68. The van der Waals surface area contributed by atoms with Gasteiger partial charge >= 0.3 is 6.18 Å². The molecular weight excluding hydrogens is 251 g/mol. The van der Waals surface area contributed by atoms with Crippen LogP contribution in [0, 0.1) is 0 Å². The third-order valence-corrected chi connectivity index (χ3v) is 4.11. The van der Waals surface area contributed by atoms with E-state index in [9.17, 15) is 13.2 Å². The van der Waals surface area contributed by atoms with Crippen molar-refractivity contribution in [2.75, 3.05) is 14.1 Å². The van der Waals surface area contributed by atoms with Crippen LogP contribution in [0.25, 0.3) is 0 Å². The predicted molar refractivity (Wildman–Crippen MR) is 61.8 cm³/mol. The molecule has 0 amide bonds. The molecule has 0 aliphatic rings. The number of hydrogen-bond donors (Lipinski definition) is 1. The summed E-state index contributed by atoms with van der Waals surface area (Å²) in [6.07, 6.45) is -3.19. The Balaban J connectivity index is 2.99. The van der Waals surface area contributed by atoms with Gasteiger partial charge in [0.15, 0.2) is 5.01 Å². The van der Waals surface area contributed by atoms with Gasteiger partial charge in [0, 0.05) is 16.6 Å². The maximum absolute atomic E-state index is 12.4. The third-order valence-electron chi connectivity index (χ3n) is 2.99. The summed E-state index contributed by atoms with van der Waals surface area (Å²) in [4.78, 5) is 5.70. The molecule has 0 aromatic carbocycles. The van der Waals surface area contributed by atoms with E-state index in [1.807, 2.05) is 32.8 Å². The smallest absolute Gasteiger partial charge is 0.322 e. The summed E-state index contributed by atoms with van der Waals surface area (Å²) in [5.41, 5.74) is 5.56. The minimum atomic E-state index is -4.40. The zero-order valence-electron chi connectivity index (χ0n) is 10.2. The van der Waals surface area contributed by atoms with Crippen LogP contribution in [-0.4, -0.2) is 29.5 Å². The van der Waals surface area contributed by atoms with Crippen molar-refractivity contribution < 1.29 is 13.2 Å². The fourth-order valence-electron chi connectivity index (χ4n) is 1.19. The van der Waals surface area contributed by atoms with Crippen LogP contribution in [-0.2, 0) is 6.18 Å². The Labute approximate surface area is 102 Å². The summed E-state index contributed by atoms with van der Waals surface area (Å²) in [5.74, 6) is 0. The van der Waals surface area contributed by atoms with Crippen LogP contribution >= 0.6 is 11.3 Å². The minimum Gasteiger partial charge on any atom is -0.322 e. The Bertz CT molecular complexity index is 384. The Kier molecular flexibility index (Phi) is 3.85. The fraction of sp³-hybridized carbons (Fsp3) is 0.700. The Morgan fingerprint density at radius 3 is 2.24 bits per heavy atom. The summed E-state index contributed by atoms with van der Waals surface area (Å²) in [5, 5.41) is -0.850. The van der Waals surface area contributed by atoms with E-state index >= 15 is 0 Å². The second kappa shape index (κ2) is 4.55. The molecular formula is C10H16F3N3S. The summed E-state index contributed by atoms with van der Waals surface area (Å²) in [6.45, 7) is 3.76. The highest BCUT2D eigenvalue weighted by molar-refractivity contribution is 7.11. The van der Waals surface area contributed by atoms with Crippen molar-refractivity contribution in [1.82, 2.24) is 9.88 Å². The van der Waals surface area contributed by atoms with Crippen molar-refractivity contribution in [2.24, 2.45) is 5.73 Å². The van der Waals surface area contributed by atoms with E-state index in [2.05, 4.69) is 4.98 Å². The predicted octanol–water partition coefficient (Wildman–Crippen LogP) is 2.50. The largest absolute Gasteiger partial charge is 0.443 e. The molecule has 0 fully saturated rings. The molecule has 0 aliphatic carbocycles. The van der Waals surface area contributed by atoms with Gasteiger partial charge < -0.3 is 10.6 Å². The summed E-state index contributed by atoms with van der Waals surface area (Å²) >= 11 is 0.604. The van der Waals surface area contributed by atoms with Gasteiger partial charge in [0.2, 0.25) is 0 Å². The van der Waals surface area contributed by atoms with Crippen molar-refractivity contribution in [1.29, 1.82) is 0 Å². The Morgan fingerprint density at radius 1 is 1.35 bits per heavy atom. The molecule has 0 saturated carbocycles. The molecule has 0 spiro atoms. The molecule has 0 bridgehead atoms. The SMILES string of the molecule is CN(C)C(C)(C)C(N)c1cnc(C(F)(F)F)s1. The molecule has 0 saturated heterocycles. The van der Waals surface area contributed by atoms with Gasteiger partial charge in [0.1, 0.15) is 0 Å². The quantitative estimate of drug-likeness (QED) is 0.915. The molecule has 17 heavy (non-hydrogen) atoms. The van der Waals surface area contributed by atoms with E-state index in [-0.39, 0.29) is 0 Å². The molecule has 0 aliphatic heterocycles. The number of nitrogens with zero attached hydrogens (tertiary/aromatic N) is 2. The Hall–Kier alpha value is -0.660. The number of halogens is 3. The molecule has 1 aromatic rings. The first kappa shape index (κ1) is 14.4. The average molecular weight is 267 g/mol. The number of alkyl halides is 3. The van der Waals surface area contributed by atoms with Gasteiger partial charge in [-0.05, 0) is 27.9 Å². The molecule has 1 heterocycles. The molecule has 1 rings (SSSR count). The molecule has 0 radical (unpaired) electrons. The lowest BCUT2D eigenvalue weighted by Gasteiger charge is -2.37. The van der Waals surface area contributed by atoms with Gasteiger partial charge in [-0.25, -0.2) is 4.98 Å².